The van der Waals surface area contributed by atoms with Gasteiger partial charge in [-0.25, -0.2) is 0 Å². The average Bonchev–Trinajstić information content (AvgIpc) is 3.35. The first kappa shape index (κ1) is 19.9. The highest BCUT2D eigenvalue weighted by atomic mass is 16.5. The number of hydrogen-bond acceptors (Lipinski definition) is 5. The van der Waals surface area contributed by atoms with Crippen LogP contribution in [0.5, 0.6) is 5.75 Å². The van der Waals surface area contributed by atoms with Gasteiger partial charge in [0, 0.05) is 45.0 Å². The van der Waals surface area contributed by atoms with Crippen LogP contribution >= 0.6 is 0 Å². The molecule has 0 aliphatic carbocycles. The van der Waals surface area contributed by atoms with Crippen molar-refractivity contribution in [1.29, 1.82) is 0 Å². The van der Waals surface area contributed by atoms with Crippen LogP contribution in [0.4, 0.5) is 0 Å². The highest BCUT2D eigenvalue weighted by Crippen LogP contribution is 2.39. The van der Waals surface area contributed by atoms with Crippen molar-refractivity contribution in [1.82, 2.24) is 20.0 Å². The highest BCUT2D eigenvalue weighted by molar-refractivity contribution is 5.92. The Labute approximate surface area is 172 Å². The highest BCUT2D eigenvalue weighted by Gasteiger charge is 2.42. The van der Waals surface area contributed by atoms with Crippen molar-refractivity contribution in [3.05, 3.63) is 47.8 Å². The molecule has 1 aromatic carbocycles. The van der Waals surface area contributed by atoms with E-state index in [0.29, 0.717) is 12.2 Å². The van der Waals surface area contributed by atoms with E-state index < -0.39 is 0 Å². The molecule has 2 fully saturated rings. The largest absolute Gasteiger partial charge is 0.496 e. The Morgan fingerprint density at radius 2 is 2.07 bits per heavy atom. The van der Waals surface area contributed by atoms with Gasteiger partial charge in [0.2, 0.25) is 0 Å². The first-order valence-electron chi connectivity index (χ1n) is 10.4. The minimum absolute atomic E-state index is 0.0301. The molecule has 7 heteroatoms. The standard InChI is InChI=1S/C22H30N4O3/c1-25-12-8-19(24-25)21(27)23-15-18-7-9-22(29-18)10-13-26(14-11-22)16-17-5-3-4-6-20(17)28-2/h3-6,8,12,18H,7,9-11,13-16H2,1-2H3,(H,23,27). The summed E-state index contributed by atoms with van der Waals surface area (Å²) in [6.07, 6.45) is 5.99. The van der Waals surface area contributed by atoms with Gasteiger partial charge in [-0.15, -0.1) is 0 Å². The van der Waals surface area contributed by atoms with Crippen molar-refractivity contribution in [2.75, 3.05) is 26.7 Å². The van der Waals surface area contributed by atoms with E-state index in [2.05, 4.69) is 27.4 Å². The van der Waals surface area contributed by atoms with Crippen molar-refractivity contribution in [3.8, 4) is 5.75 Å². The lowest BCUT2D eigenvalue weighted by Gasteiger charge is -2.39. The third-order valence-corrected chi connectivity index (χ3v) is 6.13. The number of para-hydroxylation sites is 1. The van der Waals surface area contributed by atoms with Gasteiger partial charge in [0.15, 0.2) is 0 Å². The Bertz CT molecular complexity index is 842. The lowest BCUT2D eigenvalue weighted by Crippen LogP contribution is -2.44. The molecule has 3 heterocycles. The van der Waals surface area contributed by atoms with Gasteiger partial charge >= 0.3 is 0 Å². The number of benzene rings is 1. The number of carbonyl (C=O) groups is 1. The van der Waals surface area contributed by atoms with Crippen molar-refractivity contribution < 1.29 is 14.3 Å². The van der Waals surface area contributed by atoms with E-state index in [1.165, 1.54) is 5.56 Å². The fourth-order valence-corrected chi connectivity index (χ4v) is 4.43. The molecule has 156 valence electrons. The van der Waals surface area contributed by atoms with Crippen molar-refractivity contribution in [2.45, 2.75) is 43.9 Å². The Hall–Kier alpha value is -2.38. The number of amides is 1. The number of methoxy groups -OCH3 is 1. The minimum atomic E-state index is -0.137. The van der Waals surface area contributed by atoms with Gasteiger partial charge in [-0.3, -0.25) is 14.4 Å². The second kappa shape index (κ2) is 8.55. The Kier molecular flexibility index (Phi) is 5.87. The number of likely N-dealkylation sites (tertiary alicyclic amines) is 1. The second-order valence-electron chi connectivity index (χ2n) is 8.13. The number of rotatable bonds is 6. The molecule has 1 amide bonds. The predicted molar refractivity (Wildman–Crippen MR) is 110 cm³/mol. The molecule has 2 aromatic rings. The molecule has 2 aliphatic rings. The summed E-state index contributed by atoms with van der Waals surface area (Å²) < 4.78 is 13.5. The zero-order chi connectivity index (χ0) is 20.3. The number of nitrogens with zero attached hydrogens (tertiary/aromatic N) is 3. The lowest BCUT2D eigenvalue weighted by atomic mass is 9.88. The molecule has 1 N–H and O–H groups in total. The van der Waals surface area contributed by atoms with Gasteiger partial charge in [-0.2, -0.15) is 5.10 Å². The van der Waals surface area contributed by atoms with Crippen LogP contribution in [0.2, 0.25) is 0 Å². The van der Waals surface area contributed by atoms with Crippen LogP contribution in [0.1, 0.15) is 41.7 Å². The summed E-state index contributed by atoms with van der Waals surface area (Å²) in [6.45, 7) is 3.49. The quantitative estimate of drug-likeness (QED) is 0.809. The normalized spacial score (nSPS) is 21.4. The van der Waals surface area contributed by atoms with Crippen molar-refractivity contribution in [2.24, 2.45) is 7.05 Å². The fraction of sp³-hybridized carbons (Fsp3) is 0.545. The fourth-order valence-electron chi connectivity index (χ4n) is 4.43. The summed E-state index contributed by atoms with van der Waals surface area (Å²) in [7, 11) is 3.53. The SMILES string of the molecule is COc1ccccc1CN1CCC2(CCC(CNC(=O)c3ccn(C)n3)O2)CC1. The molecule has 1 unspecified atom stereocenters. The monoisotopic (exact) mass is 398 g/mol. The molecule has 1 aromatic heterocycles. The van der Waals surface area contributed by atoms with E-state index in [1.54, 1.807) is 31.1 Å². The van der Waals surface area contributed by atoms with Crippen molar-refractivity contribution >= 4 is 5.91 Å². The topological polar surface area (TPSA) is 68.6 Å². The lowest BCUT2D eigenvalue weighted by molar-refractivity contribution is -0.0765. The van der Waals surface area contributed by atoms with Gasteiger partial charge in [-0.1, -0.05) is 18.2 Å². The van der Waals surface area contributed by atoms with Crippen molar-refractivity contribution in [3.63, 3.8) is 0 Å². The summed E-state index contributed by atoms with van der Waals surface area (Å²) in [5.74, 6) is 0.815. The number of aryl methyl sites for hydroxylation is 1. The first-order chi connectivity index (χ1) is 14.1. The van der Waals surface area contributed by atoms with Gasteiger partial charge in [0.25, 0.3) is 5.91 Å². The number of aromatic nitrogens is 2. The Morgan fingerprint density at radius 1 is 1.28 bits per heavy atom. The Morgan fingerprint density at radius 3 is 2.79 bits per heavy atom. The number of ether oxygens (including phenoxy) is 2. The van der Waals surface area contributed by atoms with E-state index in [4.69, 9.17) is 9.47 Å². The summed E-state index contributed by atoms with van der Waals surface area (Å²) in [5.41, 5.74) is 1.65. The van der Waals surface area contributed by atoms with E-state index in [1.807, 2.05) is 12.1 Å². The summed E-state index contributed by atoms with van der Waals surface area (Å²) in [4.78, 5) is 14.7. The minimum Gasteiger partial charge on any atom is -0.496 e. The molecule has 1 atom stereocenters. The van der Waals surface area contributed by atoms with Crippen LogP contribution in [-0.2, 0) is 18.3 Å². The molecule has 0 saturated carbocycles. The number of hydrogen-bond donors (Lipinski definition) is 1. The summed E-state index contributed by atoms with van der Waals surface area (Å²) in [5, 5.41) is 7.11. The third-order valence-electron chi connectivity index (χ3n) is 6.13. The molecular weight excluding hydrogens is 368 g/mol. The molecule has 4 rings (SSSR count). The zero-order valence-electron chi connectivity index (χ0n) is 17.3. The van der Waals surface area contributed by atoms with Crippen LogP contribution < -0.4 is 10.1 Å². The number of piperidine rings is 1. The molecule has 7 nitrogen and oxygen atoms in total. The third kappa shape index (κ3) is 4.62. The first-order valence-corrected chi connectivity index (χ1v) is 10.4. The summed E-state index contributed by atoms with van der Waals surface area (Å²) >= 11 is 0. The maximum absolute atomic E-state index is 12.2. The molecule has 29 heavy (non-hydrogen) atoms. The van der Waals surface area contributed by atoms with E-state index in [9.17, 15) is 4.79 Å². The summed E-state index contributed by atoms with van der Waals surface area (Å²) in [6, 6.07) is 9.95. The number of carbonyl (C=O) groups excluding carboxylic acids is 1. The average molecular weight is 399 g/mol. The zero-order valence-corrected chi connectivity index (χ0v) is 17.3. The maximum atomic E-state index is 12.2. The van der Waals surface area contributed by atoms with E-state index in [0.717, 1.165) is 51.1 Å². The second-order valence-corrected chi connectivity index (χ2v) is 8.13. The van der Waals surface area contributed by atoms with Crippen LogP contribution in [0, 0.1) is 0 Å². The van der Waals surface area contributed by atoms with Crippen LogP contribution in [0.25, 0.3) is 0 Å². The van der Waals surface area contributed by atoms with Gasteiger partial charge in [0.1, 0.15) is 11.4 Å². The van der Waals surface area contributed by atoms with Gasteiger partial charge < -0.3 is 14.8 Å². The van der Waals surface area contributed by atoms with E-state index in [-0.39, 0.29) is 17.6 Å². The molecule has 0 bridgehead atoms. The van der Waals surface area contributed by atoms with Gasteiger partial charge in [0.05, 0.1) is 18.8 Å². The molecule has 0 radical (unpaired) electrons. The van der Waals surface area contributed by atoms with Gasteiger partial charge in [-0.05, 0) is 37.8 Å². The molecular formula is C22H30N4O3. The molecule has 2 aliphatic heterocycles. The Balaban J connectivity index is 1.24. The molecule has 1 spiro atoms. The van der Waals surface area contributed by atoms with E-state index >= 15 is 0 Å². The van der Waals surface area contributed by atoms with Crippen LogP contribution in [0.3, 0.4) is 0 Å². The smallest absolute Gasteiger partial charge is 0.271 e. The predicted octanol–water partition coefficient (Wildman–Crippen LogP) is 2.37. The van der Waals surface area contributed by atoms with Crippen LogP contribution in [-0.4, -0.2) is 59.0 Å². The maximum Gasteiger partial charge on any atom is 0.271 e. The molecule has 2 saturated heterocycles. The van der Waals surface area contributed by atoms with Crippen LogP contribution in [0.15, 0.2) is 36.5 Å². The number of nitrogens with one attached hydrogen (secondary N) is 1.